The van der Waals surface area contributed by atoms with Crippen LogP contribution in [0.1, 0.15) is 31.5 Å². The van der Waals surface area contributed by atoms with E-state index in [4.69, 9.17) is 10.5 Å². The summed E-state index contributed by atoms with van der Waals surface area (Å²) in [5.74, 6) is 0.775. The maximum absolute atomic E-state index is 14.2. The van der Waals surface area contributed by atoms with Crippen molar-refractivity contribution in [1.29, 1.82) is 0 Å². The normalized spacial score (nSPS) is 13.3. The zero-order valence-corrected chi connectivity index (χ0v) is 20.2. The van der Waals surface area contributed by atoms with Gasteiger partial charge in [0.1, 0.15) is 0 Å². The lowest BCUT2D eigenvalue weighted by atomic mass is 9.96. The molecule has 0 bridgehead atoms. The lowest BCUT2D eigenvalue weighted by Gasteiger charge is -2.26. The molecule has 1 saturated heterocycles. The number of unbranched alkanes of at least 4 members (excludes halogenated alkanes) is 1. The number of anilines is 1. The number of aryl methyl sites for hydroxylation is 1. The van der Waals surface area contributed by atoms with Crippen LogP contribution >= 0.6 is 0 Å². The third-order valence-electron chi connectivity index (χ3n) is 5.82. The molecule has 0 spiro atoms. The minimum absolute atomic E-state index is 0.103. The van der Waals surface area contributed by atoms with Crippen LogP contribution in [0, 0.1) is 37.4 Å². The molecule has 2 aromatic heterocycles. The highest BCUT2D eigenvalue weighted by atomic mass is 19.1. The summed E-state index contributed by atoms with van der Waals surface area (Å²) < 4.78 is 20.7. The summed E-state index contributed by atoms with van der Waals surface area (Å²) in [7, 11) is 3.27. The van der Waals surface area contributed by atoms with Gasteiger partial charge in [-0.15, -0.1) is 30.8 Å². The van der Waals surface area contributed by atoms with Gasteiger partial charge in [0, 0.05) is 37.4 Å². The molecule has 1 fully saturated rings. The number of carbonyl (C=O) groups excluding carboxylic acids is 1. The highest BCUT2D eigenvalue weighted by molar-refractivity contribution is 5.93. The number of rotatable bonds is 7. The maximum Gasteiger partial charge on any atom is 0.225 e. The number of piperidine rings is 1. The second-order valence-corrected chi connectivity index (χ2v) is 7.98. The minimum Gasteiger partial charge on any atom is -0.494 e. The summed E-state index contributed by atoms with van der Waals surface area (Å²) in [6, 6.07) is 2.85. The molecule has 0 saturated carbocycles. The average molecular weight is 482 g/mol. The highest BCUT2D eigenvalue weighted by Gasteiger charge is 2.23. The van der Waals surface area contributed by atoms with Crippen LogP contribution in [0.25, 0.3) is 16.6 Å². The van der Waals surface area contributed by atoms with E-state index in [0.29, 0.717) is 35.3 Å². The topological polar surface area (TPSA) is 111 Å². The second-order valence-electron chi connectivity index (χ2n) is 7.98. The van der Waals surface area contributed by atoms with E-state index in [1.54, 1.807) is 0 Å². The largest absolute Gasteiger partial charge is 0.494 e. The molecule has 0 radical (unpaired) electrons. The smallest absolute Gasteiger partial charge is 0.225 e. The maximum atomic E-state index is 14.2. The predicted octanol–water partition coefficient (Wildman–Crippen LogP) is 2.29. The molecule has 10 heteroatoms. The van der Waals surface area contributed by atoms with Gasteiger partial charge in [0.15, 0.2) is 23.0 Å². The third-order valence-corrected chi connectivity index (χ3v) is 5.82. The van der Waals surface area contributed by atoms with Crippen molar-refractivity contribution < 1.29 is 13.9 Å². The van der Waals surface area contributed by atoms with Gasteiger partial charge in [0.2, 0.25) is 11.9 Å². The Hall–Kier alpha value is -3.89. The van der Waals surface area contributed by atoms with Crippen LogP contribution in [-0.4, -0.2) is 64.2 Å². The number of methoxy groups -OCH3 is 1. The number of hydrogen-bond donors (Lipinski definition) is 2. The van der Waals surface area contributed by atoms with Crippen molar-refractivity contribution in [3.63, 3.8) is 0 Å². The van der Waals surface area contributed by atoms with Crippen LogP contribution in [0.5, 0.6) is 5.75 Å². The monoisotopic (exact) mass is 481 g/mol. The van der Waals surface area contributed by atoms with Gasteiger partial charge >= 0.3 is 0 Å². The van der Waals surface area contributed by atoms with Gasteiger partial charge in [0.25, 0.3) is 0 Å². The molecule has 3 aromatic rings. The molecule has 3 heterocycles. The predicted molar refractivity (Wildman–Crippen MR) is 135 cm³/mol. The van der Waals surface area contributed by atoms with Crippen LogP contribution in [0.2, 0.25) is 0 Å². The molecule has 1 aromatic carbocycles. The molecule has 0 aliphatic carbocycles. The fourth-order valence-corrected chi connectivity index (χ4v) is 4.06. The lowest BCUT2D eigenvalue weighted by molar-refractivity contribution is -0.135. The Morgan fingerprint density at radius 3 is 2.57 bits per heavy atom. The first-order valence-electron chi connectivity index (χ1n) is 11.3. The molecule has 4 rings (SSSR count). The summed E-state index contributed by atoms with van der Waals surface area (Å²) in [6.07, 6.45) is 20.1. The van der Waals surface area contributed by atoms with Crippen LogP contribution in [0.4, 0.5) is 10.3 Å². The number of ether oxygens (including phenoxy) is 1. The standard InChI is InChI=1S/C21H28FN7O2.2C2H2/c1-28(20(30)13-6-8-24-9-7-13)10-4-3-5-18-26-19-14-11-15(22)17(31-2)12-16(14)25-21(23)29(19)27-18;2*1-2/h11-13,24H,3-10H2,1-2H3,(H2,23,25);2*1-2H. The van der Waals surface area contributed by atoms with Gasteiger partial charge in [-0.25, -0.2) is 14.4 Å². The molecular weight excluding hydrogens is 449 g/mol. The quantitative estimate of drug-likeness (QED) is 0.393. The number of hydrogen-bond acceptors (Lipinski definition) is 7. The van der Waals surface area contributed by atoms with Gasteiger partial charge in [0.05, 0.1) is 12.6 Å². The van der Waals surface area contributed by atoms with Gasteiger partial charge in [-0.2, -0.15) is 4.52 Å². The van der Waals surface area contributed by atoms with Crippen molar-refractivity contribution in [2.24, 2.45) is 5.92 Å². The van der Waals surface area contributed by atoms with Crippen molar-refractivity contribution in [1.82, 2.24) is 29.8 Å². The minimum atomic E-state index is -0.491. The summed E-state index contributed by atoms with van der Waals surface area (Å²) in [4.78, 5) is 23.2. The van der Waals surface area contributed by atoms with Gasteiger partial charge in [-0.3, -0.25) is 4.79 Å². The summed E-state index contributed by atoms with van der Waals surface area (Å²) in [6.45, 7) is 2.52. The van der Waals surface area contributed by atoms with Crippen molar-refractivity contribution >= 4 is 28.4 Å². The fraction of sp³-hybridized carbons (Fsp3) is 0.440. The van der Waals surface area contributed by atoms with Crippen molar-refractivity contribution in [3.05, 3.63) is 23.8 Å². The molecular formula is C25H32FN7O2. The number of carbonyl (C=O) groups is 1. The molecule has 35 heavy (non-hydrogen) atoms. The molecule has 9 nitrogen and oxygen atoms in total. The van der Waals surface area contributed by atoms with Crippen LogP contribution in [-0.2, 0) is 11.2 Å². The number of nitrogens with one attached hydrogen (secondary N) is 1. The summed E-state index contributed by atoms with van der Waals surface area (Å²) >= 11 is 0. The third kappa shape index (κ3) is 6.37. The zero-order valence-electron chi connectivity index (χ0n) is 20.2. The van der Waals surface area contributed by atoms with Gasteiger partial charge in [-0.1, -0.05) is 0 Å². The van der Waals surface area contributed by atoms with E-state index in [9.17, 15) is 9.18 Å². The van der Waals surface area contributed by atoms with E-state index >= 15 is 0 Å². The van der Waals surface area contributed by atoms with E-state index in [0.717, 1.165) is 38.8 Å². The summed E-state index contributed by atoms with van der Waals surface area (Å²) in [5.41, 5.74) is 7.00. The van der Waals surface area contributed by atoms with E-state index in [2.05, 4.69) is 46.1 Å². The summed E-state index contributed by atoms with van der Waals surface area (Å²) in [5, 5.41) is 8.25. The second kappa shape index (κ2) is 13.1. The Kier molecular flexibility index (Phi) is 10.2. The first kappa shape index (κ1) is 27.4. The molecule has 0 unspecified atom stereocenters. The van der Waals surface area contributed by atoms with Crippen molar-refractivity contribution in [2.45, 2.75) is 32.1 Å². The Morgan fingerprint density at radius 2 is 1.91 bits per heavy atom. The Balaban J connectivity index is 0.00000103. The van der Waals surface area contributed by atoms with Gasteiger partial charge < -0.3 is 20.7 Å². The number of nitrogens with two attached hydrogens (primary N) is 1. The van der Waals surface area contributed by atoms with Crippen LogP contribution in [0.15, 0.2) is 12.1 Å². The number of amides is 1. The van der Waals surface area contributed by atoms with Crippen LogP contribution < -0.4 is 15.8 Å². The first-order chi connectivity index (χ1) is 17.0. The molecule has 3 N–H and O–H groups in total. The van der Waals surface area contributed by atoms with E-state index in [1.807, 2.05) is 11.9 Å². The Bertz CT molecular complexity index is 1180. The van der Waals surface area contributed by atoms with Crippen molar-refractivity contribution in [2.75, 3.05) is 39.5 Å². The average Bonchev–Trinajstić information content (AvgIpc) is 3.34. The van der Waals surface area contributed by atoms with E-state index < -0.39 is 5.82 Å². The van der Waals surface area contributed by atoms with E-state index in [1.165, 1.54) is 23.8 Å². The fourth-order valence-electron chi connectivity index (χ4n) is 4.06. The molecule has 1 aliphatic heterocycles. The van der Waals surface area contributed by atoms with Crippen molar-refractivity contribution in [3.8, 4) is 31.4 Å². The molecule has 0 atom stereocenters. The highest BCUT2D eigenvalue weighted by Crippen LogP contribution is 2.27. The Labute approximate surface area is 205 Å². The number of benzene rings is 1. The number of terminal acetylenes is 2. The zero-order chi connectivity index (χ0) is 26.0. The number of aromatic nitrogens is 4. The number of nitrogens with zero attached hydrogens (tertiary/aromatic N) is 5. The SMILES string of the molecule is C#C.C#C.COc1cc2nc(N)n3nc(CCCCN(C)C(=O)C4CCNCC4)nc3c2cc1F. The number of halogens is 1. The van der Waals surface area contributed by atoms with Crippen LogP contribution in [0.3, 0.4) is 0 Å². The van der Waals surface area contributed by atoms with Gasteiger partial charge in [-0.05, 0) is 44.8 Å². The first-order valence-corrected chi connectivity index (χ1v) is 11.3. The number of nitrogen functional groups attached to an aromatic ring is 1. The molecule has 186 valence electrons. The molecule has 1 amide bonds. The lowest BCUT2D eigenvalue weighted by Crippen LogP contribution is -2.39. The molecule has 1 aliphatic rings. The van der Waals surface area contributed by atoms with E-state index in [-0.39, 0.29) is 23.5 Å². The Morgan fingerprint density at radius 1 is 1.23 bits per heavy atom. The number of fused-ring (bicyclic) bond motifs is 3.